The lowest BCUT2D eigenvalue weighted by Crippen LogP contribution is -2.13. The molecule has 90 valence electrons. The number of thiophene rings is 1. The maximum atomic E-state index is 6.33. The second-order valence-corrected chi connectivity index (χ2v) is 7.11. The Morgan fingerprint density at radius 1 is 1.24 bits per heavy atom. The molecule has 0 radical (unpaired) electrons. The fourth-order valence-electron chi connectivity index (χ4n) is 1.88. The Kier molecular flexibility index (Phi) is 3.93. The number of hydrogen-bond donors (Lipinski definition) is 1. The number of nitrogens with two attached hydrogens (primary N) is 1. The van der Waals surface area contributed by atoms with Crippen LogP contribution in [0.4, 0.5) is 0 Å². The summed E-state index contributed by atoms with van der Waals surface area (Å²) in [7, 11) is 0. The van der Waals surface area contributed by atoms with E-state index in [0.717, 1.165) is 19.9 Å². The Morgan fingerprint density at radius 2 is 1.94 bits per heavy atom. The molecule has 1 nitrogen and oxygen atoms in total. The van der Waals surface area contributed by atoms with Crippen LogP contribution in [-0.2, 0) is 0 Å². The lowest BCUT2D eigenvalue weighted by molar-refractivity contribution is 0.859. The monoisotopic (exact) mass is 329 g/mol. The molecule has 4 heteroatoms. The lowest BCUT2D eigenvalue weighted by atomic mass is 9.96. The van der Waals surface area contributed by atoms with Crippen molar-refractivity contribution in [3.05, 3.63) is 54.6 Å². The van der Waals surface area contributed by atoms with Crippen LogP contribution in [0.5, 0.6) is 0 Å². The quantitative estimate of drug-likeness (QED) is 0.838. The largest absolute Gasteiger partial charge is 0.320 e. The summed E-state index contributed by atoms with van der Waals surface area (Å²) >= 11 is 11.2. The fourth-order valence-corrected chi connectivity index (χ4v) is 3.82. The number of aryl methyl sites for hydroxylation is 2. The van der Waals surface area contributed by atoms with Gasteiger partial charge < -0.3 is 5.73 Å². The molecule has 0 aliphatic heterocycles. The zero-order valence-corrected chi connectivity index (χ0v) is 12.8. The van der Waals surface area contributed by atoms with Crippen molar-refractivity contribution in [1.82, 2.24) is 0 Å². The Balaban J connectivity index is 2.46. The van der Waals surface area contributed by atoms with Gasteiger partial charge in [0.2, 0.25) is 0 Å². The minimum atomic E-state index is -0.115. The Bertz CT molecular complexity index is 550. The van der Waals surface area contributed by atoms with Gasteiger partial charge in [0.15, 0.2) is 0 Å². The highest BCUT2D eigenvalue weighted by molar-refractivity contribution is 9.11. The van der Waals surface area contributed by atoms with Gasteiger partial charge in [0.25, 0.3) is 0 Å². The van der Waals surface area contributed by atoms with Gasteiger partial charge in [-0.1, -0.05) is 17.7 Å². The minimum absolute atomic E-state index is 0.115. The fraction of sp³-hybridized carbons (Fsp3) is 0.231. The highest BCUT2D eigenvalue weighted by atomic mass is 79.9. The third kappa shape index (κ3) is 2.74. The zero-order valence-electron chi connectivity index (χ0n) is 9.63. The molecule has 0 amide bonds. The summed E-state index contributed by atoms with van der Waals surface area (Å²) in [6.07, 6.45) is 0. The molecule has 17 heavy (non-hydrogen) atoms. The van der Waals surface area contributed by atoms with Gasteiger partial charge in [0.1, 0.15) is 0 Å². The van der Waals surface area contributed by atoms with Gasteiger partial charge >= 0.3 is 0 Å². The van der Waals surface area contributed by atoms with Crippen LogP contribution in [-0.4, -0.2) is 0 Å². The van der Waals surface area contributed by atoms with E-state index in [4.69, 9.17) is 17.3 Å². The molecule has 1 aromatic heterocycles. The Hall–Kier alpha value is -0.350. The first kappa shape index (κ1) is 13.1. The molecule has 0 fully saturated rings. The molecule has 1 unspecified atom stereocenters. The number of halogens is 2. The topological polar surface area (TPSA) is 26.0 Å². The van der Waals surface area contributed by atoms with Crippen molar-refractivity contribution in [2.45, 2.75) is 19.9 Å². The summed E-state index contributed by atoms with van der Waals surface area (Å²) in [4.78, 5) is 1.24. The highest BCUT2D eigenvalue weighted by Crippen LogP contribution is 2.34. The molecule has 1 heterocycles. The van der Waals surface area contributed by atoms with Crippen molar-refractivity contribution in [2.75, 3.05) is 0 Å². The third-order valence-electron chi connectivity index (χ3n) is 2.84. The first-order valence-electron chi connectivity index (χ1n) is 5.26. The first-order valence-corrected chi connectivity index (χ1v) is 7.25. The summed E-state index contributed by atoms with van der Waals surface area (Å²) in [5.74, 6) is 0. The van der Waals surface area contributed by atoms with Gasteiger partial charge in [-0.3, -0.25) is 0 Å². The second kappa shape index (κ2) is 5.11. The molecule has 1 aromatic carbocycles. The van der Waals surface area contributed by atoms with E-state index in [1.165, 1.54) is 10.4 Å². The van der Waals surface area contributed by atoms with Crippen LogP contribution in [0.3, 0.4) is 0 Å². The van der Waals surface area contributed by atoms with E-state index < -0.39 is 0 Å². The van der Waals surface area contributed by atoms with Crippen LogP contribution >= 0.6 is 38.9 Å². The van der Waals surface area contributed by atoms with E-state index in [0.29, 0.717) is 0 Å². The number of hydrogen-bond acceptors (Lipinski definition) is 2. The SMILES string of the molecule is Cc1ccc(Cl)cc1C(N)c1cc(Br)sc1C. The van der Waals surface area contributed by atoms with Crippen LogP contribution in [0.15, 0.2) is 28.1 Å². The molecule has 0 aliphatic rings. The summed E-state index contributed by atoms with van der Waals surface area (Å²) in [6.45, 7) is 4.15. The van der Waals surface area contributed by atoms with Crippen molar-refractivity contribution in [2.24, 2.45) is 5.73 Å². The lowest BCUT2D eigenvalue weighted by Gasteiger charge is -2.15. The predicted octanol–water partition coefficient (Wildman–Crippen LogP) is 4.83. The summed E-state index contributed by atoms with van der Waals surface area (Å²) in [5, 5.41) is 0.730. The van der Waals surface area contributed by atoms with E-state index in [1.807, 2.05) is 18.2 Å². The molecule has 0 aliphatic carbocycles. The van der Waals surface area contributed by atoms with Gasteiger partial charge in [-0.2, -0.15) is 0 Å². The van der Waals surface area contributed by atoms with Crippen LogP contribution in [0.25, 0.3) is 0 Å². The zero-order chi connectivity index (χ0) is 12.6. The number of rotatable bonds is 2. The molecule has 2 aromatic rings. The van der Waals surface area contributed by atoms with E-state index in [2.05, 4.69) is 35.8 Å². The minimum Gasteiger partial charge on any atom is -0.320 e. The maximum Gasteiger partial charge on any atom is 0.0704 e. The Labute approximate surface area is 119 Å². The van der Waals surface area contributed by atoms with Crippen LogP contribution < -0.4 is 5.73 Å². The average Bonchev–Trinajstić information content (AvgIpc) is 2.60. The standard InChI is InChI=1S/C13H13BrClNS/c1-7-3-4-9(15)5-10(7)13(16)11-6-12(14)17-8(11)2/h3-6,13H,16H2,1-2H3. The van der Waals surface area contributed by atoms with E-state index in [1.54, 1.807) is 11.3 Å². The van der Waals surface area contributed by atoms with Crippen LogP contribution in [0, 0.1) is 13.8 Å². The molecular weight excluding hydrogens is 318 g/mol. The smallest absolute Gasteiger partial charge is 0.0704 e. The predicted molar refractivity (Wildman–Crippen MR) is 79.0 cm³/mol. The van der Waals surface area contributed by atoms with Crippen molar-refractivity contribution >= 4 is 38.9 Å². The van der Waals surface area contributed by atoms with E-state index >= 15 is 0 Å². The summed E-state index contributed by atoms with van der Waals surface area (Å²) in [5.41, 5.74) is 9.75. The van der Waals surface area contributed by atoms with Gasteiger partial charge in [-0.15, -0.1) is 11.3 Å². The van der Waals surface area contributed by atoms with Gasteiger partial charge in [-0.25, -0.2) is 0 Å². The van der Waals surface area contributed by atoms with Crippen molar-refractivity contribution in [1.29, 1.82) is 0 Å². The van der Waals surface area contributed by atoms with Crippen LogP contribution in [0.2, 0.25) is 5.02 Å². The molecule has 1 atom stereocenters. The average molecular weight is 331 g/mol. The van der Waals surface area contributed by atoms with Gasteiger partial charge in [0, 0.05) is 9.90 Å². The van der Waals surface area contributed by atoms with Crippen molar-refractivity contribution < 1.29 is 0 Å². The molecule has 0 saturated carbocycles. The Morgan fingerprint density at radius 3 is 2.53 bits per heavy atom. The molecule has 2 N–H and O–H groups in total. The second-order valence-electron chi connectivity index (χ2n) is 4.04. The first-order chi connectivity index (χ1) is 7.99. The molecular formula is C13H13BrClNS. The summed E-state index contributed by atoms with van der Waals surface area (Å²) in [6, 6.07) is 7.83. The molecule has 0 saturated heterocycles. The van der Waals surface area contributed by atoms with Crippen molar-refractivity contribution in [3.8, 4) is 0 Å². The third-order valence-corrected chi connectivity index (χ3v) is 4.64. The van der Waals surface area contributed by atoms with E-state index in [-0.39, 0.29) is 6.04 Å². The maximum absolute atomic E-state index is 6.33. The highest BCUT2D eigenvalue weighted by Gasteiger charge is 2.16. The molecule has 2 rings (SSSR count). The van der Waals surface area contributed by atoms with Gasteiger partial charge in [0.05, 0.1) is 9.83 Å². The van der Waals surface area contributed by atoms with E-state index in [9.17, 15) is 0 Å². The summed E-state index contributed by atoms with van der Waals surface area (Å²) < 4.78 is 1.11. The number of benzene rings is 1. The normalized spacial score (nSPS) is 12.8. The van der Waals surface area contributed by atoms with Gasteiger partial charge in [-0.05, 0) is 64.7 Å². The molecule has 0 spiro atoms. The molecule has 0 bridgehead atoms. The van der Waals surface area contributed by atoms with Crippen molar-refractivity contribution in [3.63, 3.8) is 0 Å². The van der Waals surface area contributed by atoms with Crippen LogP contribution in [0.1, 0.15) is 27.6 Å².